The van der Waals surface area contributed by atoms with Crippen molar-refractivity contribution in [2.75, 3.05) is 5.32 Å². The van der Waals surface area contributed by atoms with Gasteiger partial charge in [0.15, 0.2) is 5.69 Å². The predicted molar refractivity (Wildman–Crippen MR) is 59.5 cm³/mol. The molecule has 0 aliphatic carbocycles. The van der Waals surface area contributed by atoms with Crippen LogP contribution in [0, 0.1) is 0 Å². The summed E-state index contributed by atoms with van der Waals surface area (Å²) in [6, 6.07) is 2.98. The van der Waals surface area contributed by atoms with Gasteiger partial charge in [0.1, 0.15) is 5.82 Å². The predicted octanol–water partition coefficient (Wildman–Crippen LogP) is 0.520. The normalized spacial score (nSPS) is 10.2. The second-order valence-corrected chi connectivity index (χ2v) is 3.48. The Balaban J connectivity index is 1.97. The molecule has 0 radical (unpaired) electrons. The van der Waals surface area contributed by atoms with E-state index in [0.717, 1.165) is 5.56 Å². The average molecular weight is 233 g/mol. The van der Waals surface area contributed by atoms with Gasteiger partial charge in [-0.1, -0.05) is 0 Å². The van der Waals surface area contributed by atoms with Crippen LogP contribution in [0.2, 0.25) is 0 Å². The fourth-order valence-corrected chi connectivity index (χ4v) is 1.30. The lowest BCUT2D eigenvalue weighted by molar-refractivity contribution is 0.0689. The summed E-state index contributed by atoms with van der Waals surface area (Å²) >= 11 is 0. The van der Waals surface area contributed by atoms with Crippen molar-refractivity contribution in [2.24, 2.45) is 7.05 Å². The molecule has 2 rings (SSSR count). The number of hydrogen-bond donors (Lipinski definition) is 2. The van der Waals surface area contributed by atoms with Crippen molar-refractivity contribution in [1.29, 1.82) is 0 Å². The fraction of sp³-hybridized carbons (Fsp3) is 0.200. The van der Waals surface area contributed by atoms with E-state index in [0.29, 0.717) is 12.4 Å². The Bertz CT molecular complexity index is 520. The minimum absolute atomic E-state index is 0.0723. The number of carbonyl (C=O) groups is 1. The largest absolute Gasteiger partial charge is 0.476 e. The van der Waals surface area contributed by atoms with Crippen molar-refractivity contribution in [1.82, 2.24) is 20.0 Å². The third-order valence-corrected chi connectivity index (χ3v) is 2.12. The highest BCUT2D eigenvalue weighted by Crippen LogP contribution is 2.05. The van der Waals surface area contributed by atoms with E-state index in [9.17, 15) is 4.79 Å². The molecule has 7 nitrogen and oxygen atoms in total. The molecule has 0 aromatic carbocycles. The highest BCUT2D eigenvalue weighted by molar-refractivity contribution is 5.85. The molecule has 0 aliphatic heterocycles. The molecular weight excluding hydrogens is 222 g/mol. The number of nitrogens with one attached hydrogen (secondary N) is 1. The van der Waals surface area contributed by atoms with Crippen LogP contribution in [0.15, 0.2) is 24.5 Å². The number of aryl methyl sites for hydroxylation is 1. The van der Waals surface area contributed by atoms with Crippen LogP contribution in [-0.2, 0) is 13.6 Å². The van der Waals surface area contributed by atoms with Crippen LogP contribution in [0.25, 0.3) is 0 Å². The topological polar surface area (TPSA) is 92.9 Å². The van der Waals surface area contributed by atoms with Crippen molar-refractivity contribution in [3.63, 3.8) is 0 Å². The highest BCUT2D eigenvalue weighted by Gasteiger charge is 2.04. The van der Waals surface area contributed by atoms with Crippen molar-refractivity contribution in [3.05, 3.63) is 35.8 Å². The zero-order valence-corrected chi connectivity index (χ0v) is 9.16. The summed E-state index contributed by atoms with van der Waals surface area (Å²) in [5, 5.41) is 23.0. The molecule has 0 amide bonds. The van der Waals surface area contributed by atoms with Crippen LogP contribution in [0.3, 0.4) is 0 Å². The number of aromatic carboxylic acids is 1. The molecule has 0 bridgehead atoms. The lowest BCUT2D eigenvalue weighted by atomic mass is 10.3. The third-order valence-electron chi connectivity index (χ3n) is 2.12. The maximum absolute atomic E-state index is 10.6. The number of hydrogen-bond acceptors (Lipinski definition) is 5. The minimum atomic E-state index is -1.09. The van der Waals surface area contributed by atoms with E-state index < -0.39 is 5.97 Å². The molecule has 2 heterocycles. The number of carboxylic acid groups (broad SMARTS) is 1. The Kier molecular flexibility index (Phi) is 2.99. The van der Waals surface area contributed by atoms with Gasteiger partial charge in [0, 0.05) is 25.4 Å². The highest BCUT2D eigenvalue weighted by atomic mass is 16.4. The fourth-order valence-electron chi connectivity index (χ4n) is 1.30. The molecule has 0 atom stereocenters. The zero-order chi connectivity index (χ0) is 12.3. The summed E-state index contributed by atoms with van der Waals surface area (Å²) in [7, 11) is 1.84. The molecule has 88 valence electrons. The molecule has 0 saturated heterocycles. The zero-order valence-electron chi connectivity index (χ0n) is 9.16. The Hall–Kier alpha value is -2.44. The van der Waals surface area contributed by atoms with E-state index in [1.165, 1.54) is 6.07 Å². The van der Waals surface area contributed by atoms with E-state index in [2.05, 4.69) is 20.6 Å². The number of rotatable bonds is 4. The molecule has 17 heavy (non-hydrogen) atoms. The molecule has 0 spiro atoms. The van der Waals surface area contributed by atoms with Crippen LogP contribution in [0.1, 0.15) is 16.1 Å². The van der Waals surface area contributed by atoms with Crippen molar-refractivity contribution in [3.8, 4) is 0 Å². The number of nitrogens with zero attached hydrogens (tertiary/aromatic N) is 4. The van der Waals surface area contributed by atoms with Gasteiger partial charge >= 0.3 is 5.97 Å². The summed E-state index contributed by atoms with van der Waals surface area (Å²) in [5.41, 5.74) is 0.938. The van der Waals surface area contributed by atoms with Crippen LogP contribution >= 0.6 is 0 Å². The summed E-state index contributed by atoms with van der Waals surface area (Å²) in [6.07, 6.45) is 3.62. The standard InChI is InChI=1S/C10H11N5O2/c1-15-6-7(5-12-15)4-11-9-3-2-8(10(16)17)13-14-9/h2-3,5-6H,4H2,1H3,(H,11,14)(H,16,17). The van der Waals surface area contributed by atoms with E-state index in [-0.39, 0.29) is 5.69 Å². The maximum Gasteiger partial charge on any atom is 0.356 e. The van der Waals surface area contributed by atoms with Gasteiger partial charge in [-0.15, -0.1) is 10.2 Å². The molecular formula is C10H11N5O2. The molecule has 0 saturated carbocycles. The molecule has 2 N–H and O–H groups in total. The van der Waals surface area contributed by atoms with Crippen molar-refractivity contribution >= 4 is 11.8 Å². The summed E-state index contributed by atoms with van der Waals surface area (Å²) < 4.78 is 1.70. The van der Waals surface area contributed by atoms with Gasteiger partial charge in [0.2, 0.25) is 0 Å². The van der Waals surface area contributed by atoms with Crippen LogP contribution in [0.5, 0.6) is 0 Å². The Morgan fingerprint density at radius 1 is 1.47 bits per heavy atom. The minimum Gasteiger partial charge on any atom is -0.476 e. The second kappa shape index (κ2) is 4.60. The summed E-state index contributed by atoms with van der Waals surface area (Å²) in [4.78, 5) is 10.6. The quantitative estimate of drug-likeness (QED) is 0.799. The van der Waals surface area contributed by atoms with Gasteiger partial charge in [0.05, 0.1) is 6.20 Å². The molecule has 2 aromatic heterocycles. The van der Waals surface area contributed by atoms with Gasteiger partial charge < -0.3 is 10.4 Å². The lowest BCUT2D eigenvalue weighted by Crippen LogP contribution is -2.05. The van der Waals surface area contributed by atoms with E-state index in [1.807, 2.05) is 13.2 Å². The second-order valence-electron chi connectivity index (χ2n) is 3.48. The molecule has 0 fully saturated rings. The van der Waals surface area contributed by atoms with Crippen molar-refractivity contribution < 1.29 is 9.90 Å². The SMILES string of the molecule is Cn1cc(CNc2ccc(C(=O)O)nn2)cn1. The van der Waals surface area contributed by atoms with Crippen LogP contribution < -0.4 is 5.32 Å². The number of carboxylic acids is 1. The van der Waals surface area contributed by atoms with Gasteiger partial charge in [-0.3, -0.25) is 4.68 Å². The van der Waals surface area contributed by atoms with Crippen LogP contribution in [-0.4, -0.2) is 31.1 Å². The first kappa shape index (κ1) is 11.1. The molecule has 2 aromatic rings. The maximum atomic E-state index is 10.6. The molecule has 0 unspecified atom stereocenters. The van der Waals surface area contributed by atoms with Gasteiger partial charge in [-0.05, 0) is 12.1 Å². The first-order valence-electron chi connectivity index (χ1n) is 4.93. The van der Waals surface area contributed by atoms with Gasteiger partial charge in [-0.25, -0.2) is 4.79 Å². The number of aromatic nitrogens is 4. The monoisotopic (exact) mass is 233 g/mol. The third kappa shape index (κ3) is 2.77. The Morgan fingerprint density at radius 3 is 2.82 bits per heavy atom. The summed E-state index contributed by atoms with van der Waals surface area (Å²) in [6.45, 7) is 0.564. The smallest absolute Gasteiger partial charge is 0.356 e. The number of anilines is 1. The Labute approximate surface area is 97.1 Å². The van der Waals surface area contributed by atoms with Crippen LogP contribution in [0.4, 0.5) is 5.82 Å². The van der Waals surface area contributed by atoms with E-state index in [1.54, 1.807) is 16.9 Å². The van der Waals surface area contributed by atoms with E-state index >= 15 is 0 Å². The van der Waals surface area contributed by atoms with E-state index in [4.69, 9.17) is 5.11 Å². The average Bonchev–Trinajstić information content (AvgIpc) is 2.73. The first-order valence-corrected chi connectivity index (χ1v) is 4.93. The first-order chi connectivity index (χ1) is 8.15. The van der Waals surface area contributed by atoms with Gasteiger partial charge in [0.25, 0.3) is 0 Å². The van der Waals surface area contributed by atoms with Crippen molar-refractivity contribution in [2.45, 2.75) is 6.54 Å². The lowest BCUT2D eigenvalue weighted by Gasteiger charge is -2.02. The molecule has 7 heteroatoms. The Morgan fingerprint density at radius 2 is 2.29 bits per heavy atom. The summed E-state index contributed by atoms with van der Waals surface area (Å²) in [5.74, 6) is -0.560. The molecule has 0 aliphatic rings. The van der Waals surface area contributed by atoms with Gasteiger partial charge in [-0.2, -0.15) is 5.10 Å².